The van der Waals surface area contributed by atoms with Crippen molar-refractivity contribution in [1.29, 1.82) is 0 Å². The molecule has 9 heteroatoms. The van der Waals surface area contributed by atoms with Crippen LogP contribution in [0.15, 0.2) is 24.3 Å². The molecule has 2 saturated heterocycles. The van der Waals surface area contributed by atoms with Gasteiger partial charge in [0, 0.05) is 57.9 Å². The minimum Gasteiger partial charge on any atom is -0.318 e. The minimum absolute atomic E-state index is 0. The third-order valence-electron chi connectivity index (χ3n) is 5.83. The molecule has 166 valence electrons. The average molecular weight is 480 g/mol. The molecule has 1 aromatic carbocycles. The van der Waals surface area contributed by atoms with Gasteiger partial charge in [-0.05, 0) is 44.6 Å². The molecule has 0 aromatic heterocycles. The lowest BCUT2D eigenvalue weighted by Crippen LogP contribution is -2.58. The summed E-state index contributed by atoms with van der Waals surface area (Å²) in [6.07, 6.45) is 2.17. The molecular weight excluding hydrogens is 445 g/mol. The zero-order valence-electron chi connectivity index (χ0n) is 16.7. The number of likely N-dealkylation sites (tertiary alicyclic amines) is 1. The summed E-state index contributed by atoms with van der Waals surface area (Å²) < 4.78 is 13.9. The number of likely N-dealkylation sites (N-methyl/N-ethyl adjacent to an activating group) is 2. The second-order valence-electron chi connectivity index (χ2n) is 7.28. The fraction of sp³-hybridized carbons (Fsp3) is 0.684. The maximum Gasteiger partial charge on any atom is 0.123 e. The third-order valence-corrected chi connectivity index (χ3v) is 5.83. The van der Waals surface area contributed by atoms with E-state index in [2.05, 4.69) is 33.1 Å². The van der Waals surface area contributed by atoms with Crippen LogP contribution >= 0.6 is 49.6 Å². The summed E-state index contributed by atoms with van der Waals surface area (Å²) in [6, 6.07) is 7.32. The first-order chi connectivity index (χ1) is 11.6. The van der Waals surface area contributed by atoms with Gasteiger partial charge in [-0.15, -0.1) is 49.6 Å². The van der Waals surface area contributed by atoms with E-state index in [1.54, 1.807) is 12.1 Å². The predicted molar refractivity (Wildman–Crippen MR) is 126 cm³/mol. The molecule has 1 N–H and O–H groups in total. The van der Waals surface area contributed by atoms with Crippen molar-refractivity contribution in [3.63, 3.8) is 0 Å². The van der Waals surface area contributed by atoms with Gasteiger partial charge in [0.1, 0.15) is 5.82 Å². The van der Waals surface area contributed by atoms with Crippen molar-refractivity contribution in [3.05, 3.63) is 35.6 Å². The van der Waals surface area contributed by atoms with Crippen molar-refractivity contribution < 1.29 is 4.39 Å². The molecule has 1 aromatic rings. The van der Waals surface area contributed by atoms with Gasteiger partial charge in [-0.1, -0.05) is 12.1 Å². The molecule has 0 saturated carbocycles. The van der Waals surface area contributed by atoms with E-state index in [0.717, 1.165) is 65.2 Å². The van der Waals surface area contributed by atoms with Gasteiger partial charge in [-0.2, -0.15) is 0 Å². The SMILES string of the molecule is CNCCN1CCC(c2cccc(F)c2)(N2CCN(C)CC2)CC1.Cl.Cl.Cl.Cl. The molecule has 28 heavy (non-hydrogen) atoms. The zero-order chi connectivity index (χ0) is 17.0. The Morgan fingerprint density at radius 2 is 1.57 bits per heavy atom. The number of piperidine rings is 1. The number of hydrogen-bond acceptors (Lipinski definition) is 4. The summed E-state index contributed by atoms with van der Waals surface area (Å²) in [6.45, 7) is 8.64. The van der Waals surface area contributed by atoms with Gasteiger partial charge in [-0.25, -0.2) is 4.39 Å². The zero-order valence-corrected chi connectivity index (χ0v) is 20.0. The molecule has 3 rings (SSSR count). The summed E-state index contributed by atoms with van der Waals surface area (Å²) in [5, 5.41) is 3.24. The Morgan fingerprint density at radius 3 is 2.11 bits per heavy atom. The van der Waals surface area contributed by atoms with Crippen LogP contribution < -0.4 is 5.32 Å². The Bertz CT molecular complexity index is 536. The summed E-state index contributed by atoms with van der Waals surface area (Å²) in [5.41, 5.74) is 1.17. The monoisotopic (exact) mass is 478 g/mol. The Kier molecular flexibility index (Phi) is 15.4. The number of rotatable bonds is 5. The maximum absolute atomic E-state index is 13.9. The molecule has 0 spiro atoms. The van der Waals surface area contributed by atoms with Gasteiger partial charge in [-0.3, -0.25) is 4.90 Å². The Hall–Kier alpha value is 0.150. The number of nitrogens with one attached hydrogen (secondary N) is 1. The molecule has 0 unspecified atom stereocenters. The minimum atomic E-state index is -0.112. The smallest absolute Gasteiger partial charge is 0.123 e. The quantitative estimate of drug-likeness (QED) is 0.699. The van der Waals surface area contributed by atoms with Gasteiger partial charge in [0.25, 0.3) is 0 Å². The first-order valence-electron chi connectivity index (χ1n) is 9.21. The molecule has 0 radical (unpaired) electrons. The Balaban J connectivity index is 0. The summed E-state index contributed by atoms with van der Waals surface area (Å²) in [7, 11) is 4.19. The number of nitrogens with zero attached hydrogens (tertiary/aromatic N) is 3. The van der Waals surface area contributed by atoms with Crippen LogP contribution in [-0.4, -0.2) is 81.2 Å². The molecule has 2 heterocycles. The Labute approximate surface area is 194 Å². The molecule has 0 amide bonds. The van der Waals surface area contributed by atoms with Gasteiger partial charge in [0.2, 0.25) is 0 Å². The first kappa shape index (κ1) is 30.3. The lowest BCUT2D eigenvalue weighted by molar-refractivity contribution is -0.00986. The molecule has 4 nitrogen and oxygen atoms in total. The second-order valence-corrected chi connectivity index (χ2v) is 7.28. The van der Waals surface area contributed by atoms with E-state index in [1.165, 1.54) is 5.56 Å². The van der Waals surface area contributed by atoms with Crippen molar-refractivity contribution in [1.82, 2.24) is 20.0 Å². The van der Waals surface area contributed by atoms with E-state index in [-0.39, 0.29) is 61.0 Å². The van der Waals surface area contributed by atoms with E-state index < -0.39 is 0 Å². The van der Waals surface area contributed by atoms with Crippen molar-refractivity contribution in [2.45, 2.75) is 18.4 Å². The summed E-state index contributed by atoms with van der Waals surface area (Å²) in [4.78, 5) is 7.54. The van der Waals surface area contributed by atoms with Crippen LogP contribution in [0.4, 0.5) is 4.39 Å². The molecule has 2 fully saturated rings. The summed E-state index contributed by atoms with van der Waals surface area (Å²) in [5.74, 6) is -0.112. The molecule has 0 atom stereocenters. The van der Waals surface area contributed by atoms with Gasteiger partial charge >= 0.3 is 0 Å². The predicted octanol–water partition coefficient (Wildman–Crippen LogP) is 3.27. The first-order valence-corrected chi connectivity index (χ1v) is 9.21. The lowest BCUT2D eigenvalue weighted by atomic mass is 9.78. The highest BCUT2D eigenvalue weighted by Gasteiger charge is 2.42. The van der Waals surface area contributed by atoms with Crippen molar-refractivity contribution >= 4 is 49.6 Å². The van der Waals surface area contributed by atoms with Crippen molar-refractivity contribution in [2.75, 3.05) is 66.5 Å². The fourth-order valence-electron chi connectivity index (χ4n) is 4.22. The number of piperazine rings is 1. The standard InChI is InChI=1S/C19H31FN4.4ClH/c1-21-8-11-23-9-6-19(7-10-23,17-4-3-5-18(20)16-17)24-14-12-22(2)13-15-24;;;;/h3-5,16,21H,6-15H2,1-2H3;4*1H. The van der Waals surface area contributed by atoms with Crippen LogP contribution in [0, 0.1) is 5.82 Å². The highest BCUT2D eigenvalue weighted by molar-refractivity contribution is 5.86. The maximum atomic E-state index is 13.9. The van der Waals surface area contributed by atoms with Crippen molar-refractivity contribution in [3.8, 4) is 0 Å². The number of benzene rings is 1. The van der Waals surface area contributed by atoms with E-state index >= 15 is 0 Å². The molecule has 0 aliphatic carbocycles. The average Bonchev–Trinajstić information content (AvgIpc) is 2.61. The van der Waals surface area contributed by atoms with Crippen LogP contribution in [0.5, 0.6) is 0 Å². The highest BCUT2D eigenvalue weighted by atomic mass is 35.5. The largest absolute Gasteiger partial charge is 0.318 e. The molecule has 2 aliphatic heterocycles. The lowest BCUT2D eigenvalue weighted by Gasteiger charge is -2.51. The van der Waals surface area contributed by atoms with E-state index in [0.29, 0.717) is 0 Å². The van der Waals surface area contributed by atoms with Crippen LogP contribution in [0.3, 0.4) is 0 Å². The normalized spacial score (nSPS) is 20.1. The van der Waals surface area contributed by atoms with Crippen molar-refractivity contribution in [2.24, 2.45) is 0 Å². The second kappa shape index (κ2) is 14.2. The summed E-state index contributed by atoms with van der Waals surface area (Å²) >= 11 is 0. The highest BCUT2D eigenvalue weighted by Crippen LogP contribution is 2.39. The molecular formula is C19H35Cl4FN4. The van der Waals surface area contributed by atoms with E-state index in [4.69, 9.17) is 0 Å². The van der Waals surface area contributed by atoms with E-state index in [9.17, 15) is 4.39 Å². The van der Waals surface area contributed by atoms with Crippen LogP contribution in [-0.2, 0) is 5.54 Å². The van der Waals surface area contributed by atoms with Gasteiger partial charge < -0.3 is 15.1 Å². The Morgan fingerprint density at radius 1 is 0.964 bits per heavy atom. The molecule has 2 aliphatic rings. The van der Waals surface area contributed by atoms with E-state index in [1.807, 2.05) is 13.1 Å². The van der Waals surface area contributed by atoms with Crippen LogP contribution in [0.2, 0.25) is 0 Å². The van der Waals surface area contributed by atoms with Gasteiger partial charge in [0.05, 0.1) is 0 Å². The van der Waals surface area contributed by atoms with Crippen LogP contribution in [0.25, 0.3) is 0 Å². The fourth-order valence-corrected chi connectivity index (χ4v) is 4.22. The number of halogens is 5. The van der Waals surface area contributed by atoms with Gasteiger partial charge in [0.15, 0.2) is 0 Å². The van der Waals surface area contributed by atoms with Crippen LogP contribution in [0.1, 0.15) is 18.4 Å². The third kappa shape index (κ3) is 7.13. The number of hydrogen-bond donors (Lipinski definition) is 1. The topological polar surface area (TPSA) is 21.8 Å². The molecule has 0 bridgehead atoms.